The molecule has 0 aromatic carbocycles. The zero-order chi connectivity index (χ0) is 11.9. The first-order valence-electron chi connectivity index (χ1n) is 6.41. The summed E-state index contributed by atoms with van der Waals surface area (Å²) in [5.74, 6) is 1.55. The third kappa shape index (κ3) is 2.36. The van der Waals surface area contributed by atoms with Gasteiger partial charge in [0, 0.05) is 19.7 Å². The summed E-state index contributed by atoms with van der Waals surface area (Å²) in [5.41, 5.74) is 0. The highest BCUT2D eigenvalue weighted by atomic mass is 32.2. The summed E-state index contributed by atoms with van der Waals surface area (Å²) in [6.07, 6.45) is 0.890. The molecule has 3 aliphatic rings. The number of nitrogens with one attached hydrogen (secondary N) is 1. The summed E-state index contributed by atoms with van der Waals surface area (Å²) in [5, 5.41) is 3.33. The van der Waals surface area contributed by atoms with Gasteiger partial charge in [0.2, 0.25) is 10.0 Å². The van der Waals surface area contributed by atoms with E-state index in [0.717, 1.165) is 26.1 Å². The lowest BCUT2D eigenvalue weighted by Gasteiger charge is -2.19. The Hall–Kier alpha value is -0.170. The van der Waals surface area contributed by atoms with Crippen LogP contribution < -0.4 is 5.32 Å². The fraction of sp³-hybridized carbons (Fsp3) is 1.00. The molecule has 5 nitrogen and oxygen atoms in total. The van der Waals surface area contributed by atoms with Crippen molar-refractivity contribution in [3.63, 3.8) is 0 Å². The van der Waals surface area contributed by atoms with Crippen molar-refractivity contribution < 1.29 is 13.2 Å². The van der Waals surface area contributed by atoms with E-state index in [9.17, 15) is 8.42 Å². The maximum absolute atomic E-state index is 12.3. The molecular weight excluding hydrogens is 240 g/mol. The molecule has 3 aliphatic heterocycles. The van der Waals surface area contributed by atoms with Crippen LogP contribution in [0.1, 0.15) is 6.42 Å². The molecule has 3 fully saturated rings. The monoisotopic (exact) mass is 260 g/mol. The average molecular weight is 260 g/mol. The molecule has 0 amide bonds. The van der Waals surface area contributed by atoms with Crippen LogP contribution in [-0.2, 0) is 14.8 Å². The van der Waals surface area contributed by atoms with Crippen molar-refractivity contribution >= 4 is 10.0 Å². The van der Waals surface area contributed by atoms with Gasteiger partial charge in [0.25, 0.3) is 0 Å². The van der Waals surface area contributed by atoms with Gasteiger partial charge in [0.15, 0.2) is 0 Å². The number of sulfonamides is 1. The van der Waals surface area contributed by atoms with E-state index in [1.807, 2.05) is 0 Å². The zero-order valence-electron chi connectivity index (χ0n) is 9.97. The Labute approximate surface area is 103 Å². The van der Waals surface area contributed by atoms with Crippen LogP contribution in [0.25, 0.3) is 0 Å². The first-order chi connectivity index (χ1) is 8.15. The van der Waals surface area contributed by atoms with Gasteiger partial charge in [0.05, 0.1) is 12.4 Å². The topological polar surface area (TPSA) is 58.6 Å². The Morgan fingerprint density at radius 3 is 2.53 bits per heavy atom. The Morgan fingerprint density at radius 2 is 1.94 bits per heavy atom. The molecule has 0 spiro atoms. The summed E-state index contributed by atoms with van der Waals surface area (Å²) < 4.78 is 31.5. The highest BCUT2D eigenvalue weighted by Crippen LogP contribution is 2.29. The van der Waals surface area contributed by atoms with Crippen molar-refractivity contribution in [2.45, 2.75) is 6.42 Å². The van der Waals surface area contributed by atoms with Crippen molar-refractivity contribution in [2.24, 2.45) is 17.8 Å². The number of fused-ring (bicyclic) bond motifs is 1. The number of rotatable bonds is 3. The third-order valence-electron chi connectivity index (χ3n) is 4.22. The molecule has 98 valence electrons. The highest BCUT2D eigenvalue weighted by Gasteiger charge is 2.41. The van der Waals surface area contributed by atoms with Gasteiger partial charge in [-0.15, -0.1) is 0 Å². The minimum absolute atomic E-state index is 0.207. The molecule has 1 N–H and O–H groups in total. The Balaban J connectivity index is 1.63. The molecule has 0 radical (unpaired) electrons. The van der Waals surface area contributed by atoms with Crippen LogP contribution in [0.5, 0.6) is 0 Å². The van der Waals surface area contributed by atoms with Crippen LogP contribution in [0.2, 0.25) is 0 Å². The molecule has 0 aromatic rings. The first kappa shape index (κ1) is 11.9. The molecule has 0 aromatic heterocycles. The molecule has 0 saturated carbocycles. The van der Waals surface area contributed by atoms with Crippen LogP contribution in [0.4, 0.5) is 0 Å². The fourth-order valence-electron chi connectivity index (χ4n) is 3.16. The van der Waals surface area contributed by atoms with Crippen molar-refractivity contribution in [1.82, 2.24) is 9.62 Å². The van der Waals surface area contributed by atoms with Gasteiger partial charge in [-0.25, -0.2) is 12.7 Å². The summed E-state index contributed by atoms with van der Waals surface area (Å²) >= 11 is 0. The molecule has 0 aliphatic carbocycles. The minimum Gasteiger partial charge on any atom is -0.381 e. The van der Waals surface area contributed by atoms with Gasteiger partial charge in [0.1, 0.15) is 0 Å². The quantitative estimate of drug-likeness (QED) is 0.743. The number of nitrogens with zero attached hydrogens (tertiary/aromatic N) is 1. The van der Waals surface area contributed by atoms with E-state index in [2.05, 4.69) is 5.32 Å². The Bertz CT molecular complexity index is 366. The summed E-state index contributed by atoms with van der Waals surface area (Å²) in [6.45, 7) is 4.71. The number of ether oxygens (including phenoxy) is 1. The second kappa shape index (κ2) is 4.50. The standard InChI is InChI=1S/C11H20N2O3S/c14-17(15,8-9-1-2-16-7-9)13-5-10-3-12-4-11(10)6-13/h9-12H,1-8H2/t9?,10-,11+. The van der Waals surface area contributed by atoms with E-state index in [1.54, 1.807) is 4.31 Å². The normalized spacial score (nSPS) is 38.7. The van der Waals surface area contributed by atoms with Crippen molar-refractivity contribution in [3.8, 4) is 0 Å². The van der Waals surface area contributed by atoms with Crippen molar-refractivity contribution in [2.75, 3.05) is 45.1 Å². The fourth-order valence-corrected chi connectivity index (χ4v) is 5.06. The van der Waals surface area contributed by atoms with Crippen molar-refractivity contribution in [3.05, 3.63) is 0 Å². The zero-order valence-corrected chi connectivity index (χ0v) is 10.8. The molecular formula is C11H20N2O3S. The van der Waals surface area contributed by atoms with Crippen LogP contribution in [0.15, 0.2) is 0 Å². The SMILES string of the molecule is O=S(=O)(CC1CCOC1)N1C[C@H]2CNC[C@H]2C1. The van der Waals surface area contributed by atoms with Gasteiger partial charge in [-0.05, 0) is 37.3 Å². The van der Waals surface area contributed by atoms with Gasteiger partial charge in [-0.3, -0.25) is 0 Å². The van der Waals surface area contributed by atoms with Gasteiger partial charge in [-0.1, -0.05) is 0 Å². The van der Waals surface area contributed by atoms with E-state index in [1.165, 1.54) is 0 Å². The van der Waals surface area contributed by atoms with Gasteiger partial charge >= 0.3 is 0 Å². The van der Waals surface area contributed by atoms with Crippen LogP contribution in [-0.4, -0.2) is 57.9 Å². The molecule has 17 heavy (non-hydrogen) atoms. The Morgan fingerprint density at radius 1 is 1.24 bits per heavy atom. The molecule has 0 bridgehead atoms. The minimum atomic E-state index is -3.06. The maximum Gasteiger partial charge on any atom is 0.214 e. The van der Waals surface area contributed by atoms with E-state index >= 15 is 0 Å². The number of hydrogen-bond acceptors (Lipinski definition) is 4. The second-order valence-corrected chi connectivity index (χ2v) is 7.52. The molecule has 3 saturated heterocycles. The van der Waals surface area contributed by atoms with Crippen LogP contribution in [0.3, 0.4) is 0 Å². The lowest BCUT2D eigenvalue weighted by molar-refractivity contribution is 0.188. The van der Waals surface area contributed by atoms with Crippen LogP contribution in [0, 0.1) is 17.8 Å². The lowest BCUT2D eigenvalue weighted by atomic mass is 10.0. The Kier molecular flexibility index (Phi) is 3.15. The van der Waals surface area contributed by atoms with Gasteiger partial charge < -0.3 is 10.1 Å². The van der Waals surface area contributed by atoms with E-state index < -0.39 is 10.0 Å². The van der Waals surface area contributed by atoms with Crippen LogP contribution >= 0.6 is 0 Å². The first-order valence-corrected chi connectivity index (χ1v) is 8.02. The molecule has 6 heteroatoms. The van der Waals surface area contributed by atoms with E-state index in [4.69, 9.17) is 4.74 Å². The average Bonchev–Trinajstić information content (AvgIpc) is 2.88. The molecule has 1 unspecified atom stereocenters. The second-order valence-electron chi connectivity index (χ2n) is 5.50. The highest BCUT2D eigenvalue weighted by molar-refractivity contribution is 7.89. The summed E-state index contributed by atoms with van der Waals surface area (Å²) in [6, 6.07) is 0. The predicted octanol–water partition coefficient (Wildman–Crippen LogP) is -0.496. The summed E-state index contributed by atoms with van der Waals surface area (Å²) in [7, 11) is -3.06. The van der Waals surface area contributed by atoms with Crippen molar-refractivity contribution in [1.29, 1.82) is 0 Å². The molecule has 3 rings (SSSR count). The molecule has 3 atom stereocenters. The van der Waals surface area contributed by atoms with Gasteiger partial charge in [-0.2, -0.15) is 0 Å². The molecule has 3 heterocycles. The largest absolute Gasteiger partial charge is 0.381 e. The van der Waals surface area contributed by atoms with E-state index in [0.29, 0.717) is 31.5 Å². The number of hydrogen-bond donors (Lipinski definition) is 1. The lowest BCUT2D eigenvalue weighted by Crippen LogP contribution is -2.35. The maximum atomic E-state index is 12.3. The van der Waals surface area contributed by atoms with E-state index in [-0.39, 0.29) is 11.7 Å². The predicted molar refractivity (Wildman–Crippen MR) is 64.1 cm³/mol. The smallest absolute Gasteiger partial charge is 0.214 e. The summed E-state index contributed by atoms with van der Waals surface area (Å²) in [4.78, 5) is 0. The third-order valence-corrected chi connectivity index (χ3v) is 6.20.